The van der Waals surface area contributed by atoms with Crippen LogP contribution in [0.4, 0.5) is 18.9 Å². The molecule has 134 valence electrons. The lowest BCUT2D eigenvalue weighted by molar-refractivity contribution is -0.141. The number of carboxylic acids is 1. The van der Waals surface area contributed by atoms with Crippen LogP contribution in [0.1, 0.15) is 33.8 Å². The van der Waals surface area contributed by atoms with E-state index in [1.54, 1.807) is 0 Å². The van der Waals surface area contributed by atoms with Crippen molar-refractivity contribution in [2.45, 2.75) is 32.0 Å². The molecule has 3 heterocycles. The molecule has 0 radical (unpaired) electrons. The average molecular weight is 373 g/mol. The predicted molar refractivity (Wildman–Crippen MR) is 85.5 cm³/mol. The number of aliphatic carboxylic acids is 1. The molecule has 1 atom stereocenters. The van der Waals surface area contributed by atoms with Gasteiger partial charge >= 0.3 is 12.1 Å². The van der Waals surface area contributed by atoms with Gasteiger partial charge in [0.15, 0.2) is 0 Å². The van der Waals surface area contributed by atoms with Gasteiger partial charge in [-0.25, -0.2) is 9.78 Å². The van der Waals surface area contributed by atoms with E-state index >= 15 is 0 Å². The molecule has 6 nitrogen and oxygen atoms in total. The predicted octanol–water partition coefficient (Wildman–Crippen LogP) is 2.89. The molecule has 1 saturated heterocycles. The number of carbonyl (C=O) groups is 2. The zero-order valence-corrected chi connectivity index (χ0v) is 13.9. The molecule has 0 spiro atoms. The number of nitrogen functional groups attached to an aromatic ring is 1. The fraction of sp³-hybridized carbons (Fsp3) is 0.400. The summed E-state index contributed by atoms with van der Waals surface area (Å²) in [6, 6.07) is -0.107. The monoisotopic (exact) mass is 373 g/mol. The number of carboxylic acid groups (broad SMARTS) is 1. The Morgan fingerprint density at radius 1 is 1.44 bits per heavy atom. The summed E-state index contributed by atoms with van der Waals surface area (Å²) in [6.45, 7) is 1.65. The van der Waals surface area contributed by atoms with Crippen molar-refractivity contribution in [2.75, 3.05) is 12.3 Å². The van der Waals surface area contributed by atoms with Crippen LogP contribution in [0.5, 0.6) is 0 Å². The van der Waals surface area contributed by atoms with Crippen LogP contribution in [0.25, 0.3) is 10.2 Å². The zero-order chi connectivity index (χ0) is 18.5. The van der Waals surface area contributed by atoms with E-state index in [0.29, 0.717) is 12.8 Å². The molecule has 1 unspecified atom stereocenters. The Balaban J connectivity index is 2.14. The summed E-state index contributed by atoms with van der Waals surface area (Å²) >= 11 is 0.757. The van der Waals surface area contributed by atoms with Crippen LogP contribution in [-0.2, 0) is 11.0 Å². The zero-order valence-electron chi connectivity index (χ0n) is 13.1. The largest absolute Gasteiger partial charge is 0.480 e. The first-order valence-electron chi connectivity index (χ1n) is 7.42. The second-order valence-electron chi connectivity index (χ2n) is 5.83. The first-order valence-corrected chi connectivity index (χ1v) is 8.23. The van der Waals surface area contributed by atoms with Crippen LogP contribution in [0.2, 0.25) is 0 Å². The molecule has 10 heteroatoms. The molecule has 0 aromatic carbocycles. The minimum absolute atomic E-state index is 0.0132. The van der Waals surface area contributed by atoms with Crippen molar-refractivity contribution in [3.8, 4) is 0 Å². The number of pyridine rings is 1. The van der Waals surface area contributed by atoms with E-state index in [1.807, 2.05) is 0 Å². The standard InChI is InChI=1S/C15H14F3N3O3S/c1-6-5-7(15(16,17)18)9-10(19)11(25-12(9)20-6)13(22)21-4-2-3-8(21)14(23)24/h5,8H,2-4,19H2,1H3,(H,23,24). The first kappa shape index (κ1) is 17.5. The number of likely N-dealkylation sites (tertiary alicyclic amines) is 1. The van der Waals surface area contributed by atoms with Crippen LogP contribution < -0.4 is 5.73 Å². The van der Waals surface area contributed by atoms with E-state index < -0.39 is 29.7 Å². The van der Waals surface area contributed by atoms with Gasteiger partial charge in [-0.05, 0) is 25.8 Å². The lowest BCUT2D eigenvalue weighted by Crippen LogP contribution is -2.40. The van der Waals surface area contributed by atoms with Gasteiger partial charge in [-0.1, -0.05) is 0 Å². The van der Waals surface area contributed by atoms with Gasteiger partial charge in [0.25, 0.3) is 5.91 Å². The normalized spacial score (nSPS) is 18.1. The number of fused-ring (bicyclic) bond motifs is 1. The molecular formula is C15H14F3N3O3S. The van der Waals surface area contributed by atoms with Crippen molar-refractivity contribution in [3.05, 3.63) is 22.2 Å². The lowest BCUT2D eigenvalue weighted by atomic mass is 10.1. The number of halogens is 3. The minimum atomic E-state index is -4.64. The van der Waals surface area contributed by atoms with Crippen molar-refractivity contribution < 1.29 is 27.9 Å². The van der Waals surface area contributed by atoms with E-state index in [1.165, 1.54) is 6.92 Å². The van der Waals surface area contributed by atoms with Crippen molar-refractivity contribution >= 4 is 39.1 Å². The highest BCUT2D eigenvalue weighted by atomic mass is 32.1. The number of nitrogens with zero attached hydrogens (tertiary/aromatic N) is 2. The van der Waals surface area contributed by atoms with Crippen molar-refractivity contribution in [1.82, 2.24) is 9.88 Å². The van der Waals surface area contributed by atoms with E-state index in [2.05, 4.69) is 4.98 Å². The number of hydrogen-bond acceptors (Lipinski definition) is 5. The quantitative estimate of drug-likeness (QED) is 0.844. The summed E-state index contributed by atoms with van der Waals surface area (Å²) in [5.74, 6) is -1.81. The molecule has 0 bridgehead atoms. The summed E-state index contributed by atoms with van der Waals surface area (Å²) in [7, 11) is 0. The van der Waals surface area contributed by atoms with E-state index in [0.717, 1.165) is 22.3 Å². The van der Waals surface area contributed by atoms with Gasteiger partial charge < -0.3 is 15.7 Å². The second-order valence-corrected chi connectivity index (χ2v) is 6.83. The van der Waals surface area contributed by atoms with E-state index in [4.69, 9.17) is 5.73 Å². The van der Waals surface area contributed by atoms with Crippen molar-refractivity contribution in [3.63, 3.8) is 0 Å². The number of nitrogens with two attached hydrogens (primary N) is 1. The maximum atomic E-state index is 13.3. The Bertz CT molecular complexity index is 878. The molecule has 2 aromatic rings. The summed E-state index contributed by atoms with van der Waals surface area (Å²) in [5, 5.41) is 8.89. The maximum absolute atomic E-state index is 13.3. The van der Waals surface area contributed by atoms with Gasteiger partial charge in [0.05, 0.1) is 11.3 Å². The van der Waals surface area contributed by atoms with Crippen LogP contribution in [0.3, 0.4) is 0 Å². The Hall–Kier alpha value is -2.36. The molecule has 1 aliphatic heterocycles. The molecule has 25 heavy (non-hydrogen) atoms. The van der Waals surface area contributed by atoms with Gasteiger partial charge in [0.2, 0.25) is 0 Å². The molecule has 3 rings (SSSR count). The number of aromatic nitrogens is 1. The van der Waals surface area contributed by atoms with Crippen molar-refractivity contribution in [1.29, 1.82) is 0 Å². The number of aryl methyl sites for hydroxylation is 1. The molecule has 1 aliphatic rings. The summed E-state index contributed by atoms with van der Waals surface area (Å²) in [5.41, 5.74) is 4.76. The molecule has 3 N–H and O–H groups in total. The lowest BCUT2D eigenvalue weighted by Gasteiger charge is -2.20. The van der Waals surface area contributed by atoms with Gasteiger partial charge in [0, 0.05) is 17.6 Å². The highest BCUT2D eigenvalue weighted by molar-refractivity contribution is 7.21. The highest BCUT2D eigenvalue weighted by Gasteiger charge is 2.39. The van der Waals surface area contributed by atoms with Gasteiger partial charge in [-0.2, -0.15) is 13.2 Å². The number of anilines is 1. The fourth-order valence-corrected chi connectivity index (χ4v) is 4.14. The Morgan fingerprint density at radius 3 is 2.72 bits per heavy atom. The Kier molecular flexibility index (Phi) is 4.10. The van der Waals surface area contributed by atoms with Crippen LogP contribution in [0.15, 0.2) is 6.07 Å². The SMILES string of the molecule is Cc1cc(C(F)(F)F)c2c(N)c(C(=O)N3CCCC3C(=O)O)sc2n1. The van der Waals surface area contributed by atoms with Crippen LogP contribution >= 0.6 is 11.3 Å². The third-order valence-electron chi connectivity index (χ3n) is 4.13. The second kappa shape index (κ2) is 5.87. The molecule has 2 aromatic heterocycles. The van der Waals surface area contributed by atoms with Gasteiger partial charge in [0.1, 0.15) is 15.7 Å². The fourth-order valence-electron chi connectivity index (χ4n) is 3.02. The molecule has 1 fully saturated rings. The van der Waals surface area contributed by atoms with Gasteiger partial charge in [-0.3, -0.25) is 4.79 Å². The first-order chi connectivity index (χ1) is 11.6. The third kappa shape index (κ3) is 2.90. The molecule has 0 saturated carbocycles. The van der Waals surface area contributed by atoms with Crippen LogP contribution in [0, 0.1) is 6.92 Å². The van der Waals surface area contributed by atoms with Crippen molar-refractivity contribution in [2.24, 2.45) is 0 Å². The average Bonchev–Trinajstić information content (AvgIpc) is 3.10. The summed E-state index contributed by atoms with van der Waals surface area (Å²) in [6.07, 6.45) is -3.82. The topological polar surface area (TPSA) is 96.5 Å². The maximum Gasteiger partial charge on any atom is 0.417 e. The molecular weight excluding hydrogens is 359 g/mol. The number of amides is 1. The number of carbonyl (C=O) groups excluding carboxylic acids is 1. The minimum Gasteiger partial charge on any atom is -0.480 e. The molecule has 0 aliphatic carbocycles. The molecule has 1 amide bonds. The summed E-state index contributed by atoms with van der Waals surface area (Å²) in [4.78, 5) is 29.0. The van der Waals surface area contributed by atoms with Gasteiger partial charge in [-0.15, -0.1) is 11.3 Å². The number of hydrogen-bond donors (Lipinski definition) is 2. The Morgan fingerprint density at radius 2 is 2.12 bits per heavy atom. The third-order valence-corrected chi connectivity index (χ3v) is 5.21. The van der Waals surface area contributed by atoms with E-state index in [9.17, 15) is 27.9 Å². The Labute approximate surface area is 144 Å². The number of alkyl halides is 3. The number of rotatable bonds is 2. The smallest absolute Gasteiger partial charge is 0.417 e. The van der Waals surface area contributed by atoms with E-state index in [-0.39, 0.29) is 33.0 Å². The summed E-state index contributed by atoms with van der Waals surface area (Å²) < 4.78 is 39.9. The number of thiophene rings is 1. The van der Waals surface area contributed by atoms with Crippen LogP contribution in [-0.4, -0.2) is 39.5 Å². The highest BCUT2D eigenvalue weighted by Crippen LogP contribution is 2.42.